The largest absolute Gasteiger partial charge is 0.384 e. The minimum atomic E-state index is -0.173. The number of amides is 1. The normalized spacial score (nSPS) is 9.62. The van der Waals surface area contributed by atoms with Crippen molar-refractivity contribution in [3.63, 3.8) is 0 Å². The van der Waals surface area contributed by atoms with Crippen molar-refractivity contribution in [1.82, 2.24) is 10.3 Å². The molecule has 0 fully saturated rings. The fraction of sp³-hybridized carbons (Fsp3) is 0.176. The van der Waals surface area contributed by atoms with Crippen LogP contribution < -0.4 is 5.32 Å². The lowest BCUT2D eigenvalue weighted by atomic mass is 10.1. The van der Waals surface area contributed by atoms with Crippen molar-refractivity contribution in [2.75, 3.05) is 6.61 Å². The topological polar surface area (TPSA) is 62.2 Å². The molecular weight excluding hydrogens is 264 g/mol. The zero-order valence-electron chi connectivity index (χ0n) is 11.8. The third-order valence-corrected chi connectivity index (χ3v) is 3.03. The van der Waals surface area contributed by atoms with Crippen molar-refractivity contribution < 1.29 is 9.90 Å². The molecule has 0 atom stereocenters. The van der Waals surface area contributed by atoms with Crippen LogP contribution in [-0.4, -0.2) is 22.6 Å². The summed E-state index contributed by atoms with van der Waals surface area (Å²) in [5.41, 5.74) is 3.44. The molecule has 1 aromatic heterocycles. The van der Waals surface area contributed by atoms with Gasteiger partial charge in [0.15, 0.2) is 0 Å². The third-order valence-electron chi connectivity index (χ3n) is 3.03. The van der Waals surface area contributed by atoms with E-state index in [0.29, 0.717) is 12.1 Å². The van der Waals surface area contributed by atoms with Gasteiger partial charge in [0.1, 0.15) is 6.61 Å². The predicted molar refractivity (Wildman–Crippen MR) is 80.6 cm³/mol. The van der Waals surface area contributed by atoms with Gasteiger partial charge in [-0.15, -0.1) is 0 Å². The van der Waals surface area contributed by atoms with Crippen LogP contribution in [0.15, 0.2) is 42.7 Å². The van der Waals surface area contributed by atoms with Crippen molar-refractivity contribution in [3.05, 3.63) is 65.0 Å². The van der Waals surface area contributed by atoms with Gasteiger partial charge < -0.3 is 10.4 Å². The van der Waals surface area contributed by atoms with Gasteiger partial charge in [-0.2, -0.15) is 0 Å². The van der Waals surface area contributed by atoms with Crippen LogP contribution >= 0.6 is 0 Å². The third kappa shape index (κ3) is 4.16. The van der Waals surface area contributed by atoms with E-state index in [1.54, 1.807) is 36.7 Å². The minimum Gasteiger partial charge on any atom is -0.384 e. The number of benzene rings is 1. The van der Waals surface area contributed by atoms with E-state index in [0.717, 1.165) is 16.7 Å². The van der Waals surface area contributed by atoms with Crippen molar-refractivity contribution in [1.29, 1.82) is 0 Å². The summed E-state index contributed by atoms with van der Waals surface area (Å²) in [4.78, 5) is 16.1. The highest BCUT2D eigenvalue weighted by molar-refractivity contribution is 5.94. The van der Waals surface area contributed by atoms with E-state index >= 15 is 0 Å². The highest BCUT2D eigenvalue weighted by Crippen LogP contribution is 2.06. The molecule has 0 unspecified atom stereocenters. The van der Waals surface area contributed by atoms with E-state index in [-0.39, 0.29) is 12.5 Å². The van der Waals surface area contributed by atoms with Crippen LogP contribution in [0.4, 0.5) is 0 Å². The van der Waals surface area contributed by atoms with Crippen molar-refractivity contribution in [2.24, 2.45) is 0 Å². The summed E-state index contributed by atoms with van der Waals surface area (Å²) >= 11 is 0. The maximum absolute atomic E-state index is 12.1. The molecule has 1 aromatic carbocycles. The van der Waals surface area contributed by atoms with Crippen molar-refractivity contribution >= 4 is 5.91 Å². The van der Waals surface area contributed by atoms with Crippen LogP contribution in [0.5, 0.6) is 0 Å². The monoisotopic (exact) mass is 280 g/mol. The summed E-state index contributed by atoms with van der Waals surface area (Å²) in [5.74, 6) is 5.22. The summed E-state index contributed by atoms with van der Waals surface area (Å²) in [6, 6.07) is 8.85. The first-order valence-electron chi connectivity index (χ1n) is 6.58. The fourth-order valence-corrected chi connectivity index (χ4v) is 1.82. The van der Waals surface area contributed by atoms with E-state index in [9.17, 15) is 4.79 Å². The predicted octanol–water partition coefficient (Wildman–Crippen LogP) is 1.66. The molecule has 0 saturated carbocycles. The van der Waals surface area contributed by atoms with Gasteiger partial charge in [-0.3, -0.25) is 9.78 Å². The number of carbonyl (C=O) groups excluding carboxylic acids is 1. The summed E-state index contributed by atoms with van der Waals surface area (Å²) in [5, 5.41) is 11.5. The zero-order valence-corrected chi connectivity index (χ0v) is 11.8. The lowest BCUT2D eigenvalue weighted by molar-refractivity contribution is 0.0951. The number of carbonyl (C=O) groups is 1. The van der Waals surface area contributed by atoms with E-state index in [1.807, 2.05) is 13.0 Å². The molecule has 0 radical (unpaired) electrons. The molecule has 4 nitrogen and oxygen atoms in total. The Morgan fingerprint density at radius 3 is 2.71 bits per heavy atom. The molecule has 2 rings (SSSR count). The Balaban J connectivity index is 1.99. The lowest BCUT2D eigenvalue weighted by Crippen LogP contribution is -2.23. The number of hydrogen-bond donors (Lipinski definition) is 2. The van der Waals surface area contributed by atoms with E-state index in [1.165, 1.54) is 0 Å². The average Bonchev–Trinajstić information content (AvgIpc) is 2.52. The van der Waals surface area contributed by atoms with Crippen LogP contribution in [0.1, 0.15) is 27.0 Å². The molecule has 0 aliphatic carbocycles. The number of pyridine rings is 1. The fourth-order valence-electron chi connectivity index (χ4n) is 1.82. The highest BCUT2D eigenvalue weighted by Gasteiger charge is 2.05. The summed E-state index contributed by atoms with van der Waals surface area (Å²) in [7, 11) is 0. The smallest absolute Gasteiger partial charge is 0.251 e. The van der Waals surface area contributed by atoms with Gasteiger partial charge in [-0.1, -0.05) is 11.8 Å². The van der Waals surface area contributed by atoms with Gasteiger partial charge in [-0.25, -0.2) is 0 Å². The van der Waals surface area contributed by atoms with Crippen LogP contribution in [0, 0.1) is 18.8 Å². The van der Waals surface area contributed by atoms with Gasteiger partial charge >= 0.3 is 0 Å². The Morgan fingerprint density at radius 2 is 2.05 bits per heavy atom. The maximum atomic E-state index is 12.1. The summed E-state index contributed by atoms with van der Waals surface area (Å²) in [6.07, 6.45) is 3.49. The second kappa shape index (κ2) is 7.22. The summed E-state index contributed by atoms with van der Waals surface area (Å²) in [6.45, 7) is 2.26. The number of rotatable bonds is 3. The molecule has 4 heteroatoms. The molecule has 1 heterocycles. The van der Waals surface area contributed by atoms with E-state index in [4.69, 9.17) is 5.11 Å². The Morgan fingerprint density at radius 1 is 1.29 bits per heavy atom. The molecule has 0 aliphatic heterocycles. The molecule has 2 aromatic rings. The number of aliphatic hydroxyl groups excluding tert-OH is 1. The van der Waals surface area contributed by atoms with Gasteiger partial charge in [0, 0.05) is 30.1 Å². The average molecular weight is 280 g/mol. The molecular formula is C17H16N2O2. The standard InChI is InChI=1S/C17H16N2O2/c1-13-11-18-9-8-16(13)12-19-17(21)15-6-4-14(5-7-15)3-2-10-20/h4-9,11,20H,10,12H2,1H3,(H,19,21). The quantitative estimate of drug-likeness (QED) is 0.841. The number of aliphatic hydroxyl groups is 1. The zero-order chi connectivity index (χ0) is 15.1. The van der Waals surface area contributed by atoms with Gasteiger partial charge in [0.05, 0.1) is 0 Å². The lowest BCUT2D eigenvalue weighted by Gasteiger charge is -2.07. The molecule has 0 spiro atoms. The molecule has 0 bridgehead atoms. The van der Waals surface area contributed by atoms with Gasteiger partial charge in [0.2, 0.25) is 0 Å². The molecule has 0 saturated heterocycles. The first-order valence-corrected chi connectivity index (χ1v) is 6.58. The SMILES string of the molecule is Cc1cnccc1CNC(=O)c1ccc(C#CCO)cc1. The van der Waals surface area contributed by atoms with Crippen LogP contribution in [0.2, 0.25) is 0 Å². The second-order valence-electron chi connectivity index (χ2n) is 4.52. The molecule has 21 heavy (non-hydrogen) atoms. The van der Waals surface area contributed by atoms with Crippen LogP contribution in [0.25, 0.3) is 0 Å². The van der Waals surface area contributed by atoms with Crippen LogP contribution in [-0.2, 0) is 6.54 Å². The van der Waals surface area contributed by atoms with E-state index < -0.39 is 0 Å². The Hall–Kier alpha value is -2.64. The van der Waals surface area contributed by atoms with E-state index in [2.05, 4.69) is 22.1 Å². The number of aryl methyl sites for hydroxylation is 1. The van der Waals surface area contributed by atoms with Crippen molar-refractivity contribution in [3.8, 4) is 11.8 Å². The Kier molecular flexibility index (Phi) is 5.08. The first kappa shape index (κ1) is 14.8. The minimum absolute atomic E-state index is 0.132. The number of nitrogens with one attached hydrogen (secondary N) is 1. The number of hydrogen-bond acceptors (Lipinski definition) is 3. The molecule has 106 valence electrons. The maximum Gasteiger partial charge on any atom is 0.251 e. The Bertz CT molecular complexity index is 682. The highest BCUT2D eigenvalue weighted by atomic mass is 16.2. The Labute approximate surface area is 123 Å². The molecule has 2 N–H and O–H groups in total. The first-order chi connectivity index (χ1) is 10.2. The number of nitrogens with zero attached hydrogens (tertiary/aromatic N) is 1. The second-order valence-corrected chi connectivity index (χ2v) is 4.52. The van der Waals surface area contributed by atoms with Crippen LogP contribution in [0.3, 0.4) is 0 Å². The van der Waals surface area contributed by atoms with Gasteiger partial charge in [0.25, 0.3) is 5.91 Å². The van der Waals surface area contributed by atoms with Crippen molar-refractivity contribution in [2.45, 2.75) is 13.5 Å². The number of aromatic nitrogens is 1. The molecule has 0 aliphatic rings. The van der Waals surface area contributed by atoms with Gasteiger partial charge in [-0.05, 0) is 48.4 Å². The summed E-state index contributed by atoms with van der Waals surface area (Å²) < 4.78 is 0. The molecule has 1 amide bonds.